The van der Waals surface area contributed by atoms with Gasteiger partial charge >= 0.3 is 0 Å². The van der Waals surface area contributed by atoms with Gasteiger partial charge in [0.1, 0.15) is 22.2 Å². The number of hydrogen-bond acceptors (Lipinski definition) is 7. The molecule has 1 saturated heterocycles. The first-order valence-corrected chi connectivity index (χ1v) is 15.7. The number of carbonyl (C=O) groups is 1. The number of nitrogens with one attached hydrogen (secondary N) is 1. The molecule has 3 heterocycles. The van der Waals surface area contributed by atoms with Gasteiger partial charge in [0.2, 0.25) is 0 Å². The van der Waals surface area contributed by atoms with Crippen molar-refractivity contribution in [2.75, 3.05) is 39.4 Å². The fraction of sp³-hybridized carbons (Fsp3) is 0.176. The lowest BCUT2D eigenvalue weighted by Gasteiger charge is -2.26. The molecule has 0 radical (unpaired) electrons. The van der Waals surface area contributed by atoms with E-state index in [1.165, 1.54) is 18.2 Å². The average Bonchev–Trinajstić information content (AvgIpc) is 3.64. The number of nitriles is 1. The Balaban J connectivity index is 1.50. The minimum absolute atomic E-state index is 0.0243. The van der Waals surface area contributed by atoms with Gasteiger partial charge in [0.25, 0.3) is 11.5 Å². The minimum Gasteiger partial charge on any atom is -0.379 e. The molecule has 0 atom stereocenters. The van der Waals surface area contributed by atoms with Gasteiger partial charge in [-0.25, -0.2) is 9.07 Å². The van der Waals surface area contributed by atoms with Gasteiger partial charge in [-0.2, -0.15) is 10.4 Å². The number of ether oxygens (including phenoxy) is 1. The standard InChI is InChI=1S/C34H28ClFN6O3S/c35-25-12-10-23(11-13-25)31-24(22-41(39-31)26-6-2-1-3-7-26)20-30-33(44)42(29-9-5-4-8-28(29)36)34(46-30)27(21-37)32(43)38-14-15-40-16-18-45-19-17-40/h1-13,20,22H,14-19H2,(H,38,43). The Morgan fingerprint density at radius 2 is 1.78 bits per heavy atom. The van der Waals surface area contributed by atoms with Crippen LogP contribution in [0.1, 0.15) is 5.56 Å². The van der Waals surface area contributed by atoms with Crippen molar-refractivity contribution >= 4 is 40.5 Å². The van der Waals surface area contributed by atoms with Crippen molar-refractivity contribution in [2.24, 2.45) is 0 Å². The quantitative estimate of drug-likeness (QED) is 0.275. The van der Waals surface area contributed by atoms with Crippen LogP contribution < -0.4 is 20.1 Å². The maximum atomic E-state index is 15.2. The van der Waals surface area contributed by atoms with Gasteiger partial charge in [-0.05, 0) is 42.5 Å². The third kappa shape index (κ3) is 6.71. The summed E-state index contributed by atoms with van der Waals surface area (Å²) in [5.41, 5.74) is 1.83. The molecule has 0 saturated carbocycles. The number of para-hydroxylation sites is 2. The molecule has 1 aliphatic heterocycles. The number of thiazole rings is 1. The molecule has 0 aliphatic carbocycles. The van der Waals surface area contributed by atoms with Crippen molar-refractivity contribution in [1.82, 2.24) is 24.6 Å². The van der Waals surface area contributed by atoms with E-state index in [1.54, 1.807) is 35.2 Å². The van der Waals surface area contributed by atoms with E-state index in [1.807, 2.05) is 48.5 Å². The van der Waals surface area contributed by atoms with Gasteiger partial charge in [-0.15, -0.1) is 11.3 Å². The van der Waals surface area contributed by atoms with Crippen LogP contribution in [0.5, 0.6) is 0 Å². The SMILES string of the molecule is N#CC(C(=O)NCCN1CCOCC1)=c1sc(=Cc2cn(-c3ccccc3)nc2-c2ccc(Cl)cc2)c(=O)n1-c1ccccc1F. The predicted molar refractivity (Wildman–Crippen MR) is 176 cm³/mol. The monoisotopic (exact) mass is 654 g/mol. The Kier molecular flexibility index (Phi) is 9.51. The normalized spacial score (nSPS) is 14.6. The molecule has 1 N–H and O–H groups in total. The Bertz CT molecular complexity index is 2100. The molecule has 0 bridgehead atoms. The van der Waals surface area contributed by atoms with Crippen LogP contribution >= 0.6 is 22.9 Å². The maximum Gasteiger partial charge on any atom is 0.273 e. The summed E-state index contributed by atoms with van der Waals surface area (Å²) in [7, 11) is 0. The van der Waals surface area contributed by atoms with Crippen LogP contribution in [0, 0.1) is 17.1 Å². The fourth-order valence-corrected chi connectivity index (χ4v) is 6.33. The smallest absolute Gasteiger partial charge is 0.273 e. The highest BCUT2D eigenvalue weighted by Gasteiger charge is 2.20. The van der Waals surface area contributed by atoms with Gasteiger partial charge in [-0.1, -0.05) is 54.1 Å². The Morgan fingerprint density at radius 3 is 2.50 bits per heavy atom. The van der Waals surface area contributed by atoms with Crippen molar-refractivity contribution < 1.29 is 13.9 Å². The van der Waals surface area contributed by atoms with E-state index >= 15 is 4.39 Å². The predicted octanol–water partition coefficient (Wildman–Crippen LogP) is 3.50. The lowest BCUT2D eigenvalue weighted by Crippen LogP contribution is -2.42. The highest BCUT2D eigenvalue weighted by atomic mass is 35.5. The van der Waals surface area contributed by atoms with Gasteiger partial charge in [0, 0.05) is 48.5 Å². The summed E-state index contributed by atoms with van der Waals surface area (Å²) in [5, 5.41) is 18.3. The summed E-state index contributed by atoms with van der Waals surface area (Å²) in [4.78, 5) is 29.5. The molecule has 232 valence electrons. The zero-order valence-corrected chi connectivity index (χ0v) is 26.1. The largest absolute Gasteiger partial charge is 0.379 e. The summed E-state index contributed by atoms with van der Waals surface area (Å²) in [5.74, 6) is -1.31. The molecular formula is C34H28ClFN6O3S. The summed E-state index contributed by atoms with van der Waals surface area (Å²) >= 11 is 7.09. The number of rotatable bonds is 8. The van der Waals surface area contributed by atoms with Gasteiger partial charge < -0.3 is 10.1 Å². The number of amides is 1. The molecule has 1 fully saturated rings. The van der Waals surface area contributed by atoms with Crippen LogP contribution in [0.4, 0.5) is 4.39 Å². The first-order valence-electron chi connectivity index (χ1n) is 14.5. The summed E-state index contributed by atoms with van der Waals surface area (Å²) in [6, 6.07) is 24.4. The summed E-state index contributed by atoms with van der Waals surface area (Å²) in [6.07, 6.45) is 3.44. The first kappa shape index (κ1) is 31.1. The van der Waals surface area contributed by atoms with E-state index in [9.17, 15) is 14.9 Å². The number of halogens is 2. The maximum absolute atomic E-state index is 15.2. The summed E-state index contributed by atoms with van der Waals surface area (Å²) < 4.78 is 23.5. The first-order chi connectivity index (χ1) is 22.4. The highest BCUT2D eigenvalue weighted by molar-refractivity contribution is 7.07. The van der Waals surface area contributed by atoms with Crippen LogP contribution in [0.3, 0.4) is 0 Å². The van der Waals surface area contributed by atoms with E-state index in [-0.39, 0.29) is 20.5 Å². The van der Waals surface area contributed by atoms with Crippen LogP contribution in [0.2, 0.25) is 5.02 Å². The van der Waals surface area contributed by atoms with Crippen LogP contribution in [0.25, 0.3) is 34.3 Å². The van der Waals surface area contributed by atoms with Gasteiger partial charge in [0.15, 0.2) is 5.57 Å². The zero-order valence-electron chi connectivity index (χ0n) is 24.5. The Morgan fingerprint density at radius 1 is 1.07 bits per heavy atom. The molecule has 46 heavy (non-hydrogen) atoms. The minimum atomic E-state index is -0.668. The second-order valence-corrected chi connectivity index (χ2v) is 11.9. The molecule has 3 aromatic carbocycles. The molecule has 1 aliphatic rings. The van der Waals surface area contributed by atoms with E-state index in [2.05, 4.69) is 10.2 Å². The number of aromatic nitrogens is 3. The molecular weight excluding hydrogens is 627 g/mol. The molecule has 9 nitrogen and oxygen atoms in total. The number of hydrogen-bond donors (Lipinski definition) is 1. The third-order valence-electron chi connectivity index (χ3n) is 7.45. The molecule has 6 rings (SSSR count). The molecule has 2 aromatic heterocycles. The number of carbonyl (C=O) groups excluding carboxylic acids is 1. The second kappa shape index (κ2) is 14.1. The van der Waals surface area contributed by atoms with Crippen molar-refractivity contribution in [1.29, 1.82) is 5.26 Å². The van der Waals surface area contributed by atoms with Crippen molar-refractivity contribution in [3.63, 3.8) is 0 Å². The van der Waals surface area contributed by atoms with Gasteiger partial charge in [-0.3, -0.25) is 19.1 Å². The lowest BCUT2D eigenvalue weighted by molar-refractivity contribution is -0.115. The van der Waals surface area contributed by atoms with E-state index in [0.717, 1.165) is 40.2 Å². The zero-order chi connectivity index (χ0) is 32.0. The molecule has 12 heteroatoms. The Hall–Kier alpha value is -4.86. The number of benzene rings is 3. The van der Waals surface area contributed by atoms with Crippen molar-refractivity contribution in [3.05, 3.63) is 121 Å². The topological polar surface area (TPSA) is 105 Å². The molecule has 0 unspecified atom stereocenters. The molecule has 0 spiro atoms. The van der Waals surface area contributed by atoms with E-state index in [4.69, 9.17) is 21.4 Å². The summed E-state index contributed by atoms with van der Waals surface area (Å²) in [6.45, 7) is 3.62. The van der Waals surface area contributed by atoms with Crippen molar-refractivity contribution in [3.8, 4) is 28.7 Å². The molecule has 5 aromatic rings. The number of morpholine rings is 1. The van der Waals surface area contributed by atoms with Crippen LogP contribution in [-0.4, -0.2) is 64.5 Å². The van der Waals surface area contributed by atoms with E-state index < -0.39 is 17.3 Å². The average molecular weight is 655 g/mol. The van der Waals surface area contributed by atoms with Crippen molar-refractivity contribution in [2.45, 2.75) is 0 Å². The fourth-order valence-electron chi connectivity index (χ4n) is 5.12. The third-order valence-corrected chi connectivity index (χ3v) is 8.80. The van der Waals surface area contributed by atoms with E-state index in [0.29, 0.717) is 42.6 Å². The van der Waals surface area contributed by atoms with Crippen LogP contribution in [0.15, 0.2) is 89.9 Å². The molecule has 1 amide bonds. The lowest BCUT2D eigenvalue weighted by atomic mass is 10.1. The van der Waals surface area contributed by atoms with Crippen LogP contribution in [-0.2, 0) is 9.53 Å². The second-order valence-electron chi connectivity index (χ2n) is 10.4. The van der Waals surface area contributed by atoms with Gasteiger partial charge in [0.05, 0.1) is 29.1 Å². The Labute approximate surface area is 272 Å². The highest BCUT2D eigenvalue weighted by Crippen LogP contribution is 2.26. The number of nitrogens with zero attached hydrogens (tertiary/aromatic N) is 5.